The van der Waals surface area contributed by atoms with Crippen molar-refractivity contribution in [3.63, 3.8) is 0 Å². The SMILES string of the molecule is COCCN(C(=O)C1Cc2ccccc2C(=O)O1)c1c(N)n(Cc2ccccc2)c(=O)[nH]c1=O. The Bertz CT molecular complexity index is 1330. The van der Waals surface area contributed by atoms with E-state index in [9.17, 15) is 19.2 Å². The minimum atomic E-state index is -1.16. The Morgan fingerprint density at radius 3 is 2.59 bits per heavy atom. The molecule has 0 aliphatic carbocycles. The zero-order valence-corrected chi connectivity index (χ0v) is 18.5. The van der Waals surface area contributed by atoms with E-state index in [2.05, 4.69) is 4.98 Å². The van der Waals surface area contributed by atoms with Crippen molar-refractivity contribution in [2.75, 3.05) is 30.9 Å². The fourth-order valence-electron chi connectivity index (χ4n) is 3.92. The Labute approximate surface area is 194 Å². The highest BCUT2D eigenvalue weighted by Gasteiger charge is 2.36. The Morgan fingerprint density at radius 2 is 1.85 bits per heavy atom. The lowest BCUT2D eigenvalue weighted by Gasteiger charge is -2.30. The summed E-state index contributed by atoms with van der Waals surface area (Å²) >= 11 is 0. The summed E-state index contributed by atoms with van der Waals surface area (Å²) in [7, 11) is 1.45. The van der Waals surface area contributed by atoms with Crippen LogP contribution in [0.25, 0.3) is 0 Å². The number of cyclic esters (lactones) is 1. The second-order valence-corrected chi connectivity index (χ2v) is 7.80. The van der Waals surface area contributed by atoms with E-state index in [-0.39, 0.29) is 37.6 Å². The summed E-state index contributed by atoms with van der Waals surface area (Å²) in [5.41, 5.74) is 6.39. The normalized spacial score (nSPS) is 14.9. The molecule has 10 nitrogen and oxygen atoms in total. The van der Waals surface area contributed by atoms with Gasteiger partial charge in [0, 0.05) is 20.1 Å². The minimum Gasteiger partial charge on any atom is -0.448 e. The van der Waals surface area contributed by atoms with Crippen LogP contribution in [-0.4, -0.2) is 47.8 Å². The Hall–Kier alpha value is -4.18. The molecular weight excluding hydrogens is 440 g/mol. The Balaban J connectivity index is 1.73. The fraction of sp³-hybridized carbons (Fsp3) is 0.250. The monoisotopic (exact) mass is 464 g/mol. The van der Waals surface area contributed by atoms with E-state index in [0.29, 0.717) is 11.1 Å². The zero-order valence-electron chi connectivity index (χ0n) is 18.5. The largest absolute Gasteiger partial charge is 0.448 e. The second-order valence-electron chi connectivity index (χ2n) is 7.80. The van der Waals surface area contributed by atoms with Gasteiger partial charge in [-0.2, -0.15) is 0 Å². The number of fused-ring (bicyclic) bond motifs is 1. The number of H-pyrrole nitrogens is 1. The molecule has 4 rings (SSSR count). The number of esters is 1. The molecule has 2 aromatic carbocycles. The summed E-state index contributed by atoms with van der Waals surface area (Å²) in [5, 5.41) is 0. The molecule has 1 amide bonds. The van der Waals surface area contributed by atoms with Crippen molar-refractivity contribution in [2.45, 2.75) is 19.1 Å². The summed E-state index contributed by atoms with van der Waals surface area (Å²) < 4.78 is 11.7. The average Bonchev–Trinajstić information content (AvgIpc) is 2.84. The molecular formula is C24H24N4O6. The van der Waals surface area contributed by atoms with E-state index < -0.39 is 29.2 Å². The average molecular weight is 464 g/mol. The van der Waals surface area contributed by atoms with Gasteiger partial charge < -0.3 is 15.2 Å². The number of ether oxygens (including phenoxy) is 2. The maximum Gasteiger partial charge on any atom is 0.339 e. The number of hydrogen-bond donors (Lipinski definition) is 2. The maximum absolute atomic E-state index is 13.5. The molecule has 1 aromatic heterocycles. The molecule has 0 fully saturated rings. The third kappa shape index (κ3) is 4.48. The van der Waals surface area contributed by atoms with Gasteiger partial charge in [0.15, 0.2) is 11.8 Å². The molecule has 3 N–H and O–H groups in total. The topological polar surface area (TPSA) is 137 Å². The number of nitrogen functional groups attached to an aromatic ring is 1. The van der Waals surface area contributed by atoms with Gasteiger partial charge in [0.1, 0.15) is 5.82 Å². The molecule has 2 heterocycles. The minimum absolute atomic E-state index is 0.0398. The van der Waals surface area contributed by atoms with Gasteiger partial charge in [-0.25, -0.2) is 9.59 Å². The third-order valence-corrected chi connectivity index (χ3v) is 5.62. The van der Waals surface area contributed by atoms with Crippen LogP contribution >= 0.6 is 0 Å². The van der Waals surface area contributed by atoms with Crippen LogP contribution in [0.1, 0.15) is 21.5 Å². The maximum atomic E-state index is 13.5. The first-order valence-electron chi connectivity index (χ1n) is 10.7. The van der Waals surface area contributed by atoms with Gasteiger partial charge in [-0.1, -0.05) is 48.5 Å². The molecule has 3 aromatic rings. The second kappa shape index (κ2) is 9.75. The zero-order chi connectivity index (χ0) is 24.2. The highest BCUT2D eigenvalue weighted by molar-refractivity contribution is 6.02. The number of nitrogens with zero attached hydrogens (tertiary/aromatic N) is 2. The predicted octanol–water partition coefficient (Wildman–Crippen LogP) is 0.928. The lowest BCUT2D eigenvalue weighted by atomic mass is 9.98. The standard InChI is InChI=1S/C24H24N4O6/c1-33-12-11-27(22(30)18-13-16-9-5-6-10-17(16)23(31)34-18)19-20(25)28(24(32)26-21(19)29)14-15-7-3-2-4-8-15/h2-10,18H,11-14,25H2,1H3,(H,26,29,32). The number of methoxy groups -OCH3 is 1. The van der Waals surface area contributed by atoms with Crippen LogP contribution in [0, 0.1) is 0 Å². The van der Waals surface area contributed by atoms with Gasteiger partial charge in [0.05, 0.1) is 18.7 Å². The van der Waals surface area contributed by atoms with Crippen LogP contribution in [0.2, 0.25) is 0 Å². The molecule has 34 heavy (non-hydrogen) atoms. The predicted molar refractivity (Wildman–Crippen MR) is 125 cm³/mol. The third-order valence-electron chi connectivity index (χ3n) is 5.62. The smallest absolute Gasteiger partial charge is 0.339 e. The van der Waals surface area contributed by atoms with E-state index >= 15 is 0 Å². The van der Waals surface area contributed by atoms with E-state index in [1.54, 1.807) is 24.3 Å². The van der Waals surface area contributed by atoms with Gasteiger partial charge in [-0.05, 0) is 17.2 Å². The first kappa shape index (κ1) is 23.0. The molecule has 0 saturated heterocycles. The van der Waals surface area contributed by atoms with Crippen LogP contribution in [0.5, 0.6) is 0 Å². The molecule has 176 valence electrons. The Morgan fingerprint density at radius 1 is 1.15 bits per heavy atom. The van der Waals surface area contributed by atoms with Crippen molar-refractivity contribution < 1.29 is 19.1 Å². The van der Waals surface area contributed by atoms with Crippen molar-refractivity contribution in [3.8, 4) is 0 Å². The summed E-state index contributed by atoms with van der Waals surface area (Å²) in [6.45, 7) is 0.134. The number of carbonyl (C=O) groups excluding carboxylic acids is 2. The lowest BCUT2D eigenvalue weighted by molar-refractivity contribution is -0.127. The molecule has 0 spiro atoms. The van der Waals surface area contributed by atoms with E-state index in [0.717, 1.165) is 10.5 Å². The highest BCUT2D eigenvalue weighted by Crippen LogP contribution is 2.25. The van der Waals surface area contributed by atoms with Crippen molar-refractivity contribution in [1.82, 2.24) is 9.55 Å². The molecule has 1 aliphatic heterocycles. The molecule has 10 heteroatoms. The first-order chi connectivity index (χ1) is 16.4. The van der Waals surface area contributed by atoms with Gasteiger partial charge in [0.25, 0.3) is 11.5 Å². The highest BCUT2D eigenvalue weighted by atomic mass is 16.5. The Kier molecular flexibility index (Phi) is 6.60. The van der Waals surface area contributed by atoms with Crippen LogP contribution in [-0.2, 0) is 27.2 Å². The van der Waals surface area contributed by atoms with Gasteiger partial charge in [-0.15, -0.1) is 0 Å². The number of rotatable bonds is 7. The summed E-state index contributed by atoms with van der Waals surface area (Å²) in [5.74, 6) is -1.44. The first-order valence-corrected chi connectivity index (χ1v) is 10.7. The summed E-state index contributed by atoms with van der Waals surface area (Å²) in [4.78, 5) is 54.7. The number of amides is 1. The molecule has 1 aliphatic rings. The number of hydrogen-bond acceptors (Lipinski definition) is 7. The number of carbonyl (C=O) groups is 2. The van der Waals surface area contributed by atoms with Crippen LogP contribution in [0.4, 0.5) is 11.5 Å². The van der Waals surface area contributed by atoms with E-state index in [1.165, 1.54) is 11.7 Å². The molecule has 0 saturated carbocycles. The molecule has 0 radical (unpaired) electrons. The van der Waals surface area contributed by atoms with E-state index in [1.807, 2.05) is 30.3 Å². The van der Waals surface area contributed by atoms with Crippen molar-refractivity contribution >= 4 is 23.4 Å². The number of nitrogens with one attached hydrogen (secondary N) is 1. The number of nitrogens with two attached hydrogens (primary N) is 1. The molecule has 0 bridgehead atoms. The van der Waals surface area contributed by atoms with Gasteiger partial charge >= 0.3 is 11.7 Å². The summed E-state index contributed by atoms with van der Waals surface area (Å²) in [6, 6.07) is 15.9. The number of aromatic amines is 1. The molecule has 1 unspecified atom stereocenters. The van der Waals surface area contributed by atoms with Gasteiger partial charge in [-0.3, -0.25) is 24.0 Å². The van der Waals surface area contributed by atoms with Crippen molar-refractivity contribution in [2.24, 2.45) is 0 Å². The van der Waals surface area contributed by atoms with E-state index in [4.69, 9.17) is 15.2 Å². The van der Waals surface area contributed by atoms with Gasteiger partial charge in [0.2, 0.25) is 0 Å². The number of aromatic nitrogens is 2. The molecule has 1 atom stereocenters. The van der Waals surface area contributed by atoms with Crippen LogP contribution in [0.3, 0.4) is 0 Å². The van der Waals surface area contributed by atoms with Crippen LogP contribution < -0.4 is 21.9 Å². The number of benzene rings is 2. The fourth-order valence-corrected chi connectivity index (χ4v) is 3.92. The van der Waals surface area contributed by atoms with Crippen molar-refractivity contribution in [3.05, 3.63) is 92.1 Å². The quantitative estimate of drug-likeness (QED) is 0.496. The summed E-state index contributed by atoms with van der Waals surface area (Å²) in [6.07, 6.45) is -1.02. The lowest BCUT2D eigenvalue weighted by Crippen LogP contribution is -2.49. The van der Waals surface area contributed by atoms with Crippen molar-refractivity contribution in [1.29, 1.82) is 0 Å². The van der Waals surface area contributed by atoms with Crippen LogP contribution in [0.15, 0.2) is 64.2 Å². The number of anilines is 2.